The Morgan fingerprint density at radius 2 is 2.06 bits per heavy atom. The van der Waals surface area contributed by atoms with Gasteiger partial charge in [0.05, 0.1) is 4.47 Å². The summed E-state index contributed by atoms with van der Waals surface area (Å²) >= 11 is 6.83. The van der Waals surface area contributed by atoms with Crippen LogP contribution in [-0.2, 0) is 0 Å². The van der Waals surface area contributed by atoms with Gasteiger partial charge in [0, 0.05) is 23.3 Å². The van der Waals surface area contributed by atoms with Gasteiger partial charge in [-0.1, -0.05) is 20.8 Å². The van der Waals surface area contributed by atoms with Gasteiger partial charge in [-0.2, -0.15) is 0 Å². The average molecular weight is 365 g/mol. The van der Waals surface area contributed by atoms with Crippen LogP contribution in [0.3, 0.4) is 0 Å². The summed E-state index contributed by atoms with van der Waals surface area (Å²) < 4.78 is 1.89. The van der Waals surface area contributed by atoms with Crippen LogP contribution in [0.4, 0.5) is 5.82 Å². The molecule has 1 atom stereocenters. The monoisotopic (exact) mass is 363 g/mol. The van der Waals surface area contributed by atoms with Crippen LogP contribution < -0.4 is 11.1 Å². The minimum Gasteiger partial charge on any atom is -0.368 e. The van der Waals surface area contributed by atoms with E-state index in [-0.39, 0.29) is 11.5 Å². The molecule has 17 heavy (non-hydrogen) atoms. The molecule has 96 valence electrons. The van der Waals surface area contributed by atoms with Gasteiger partial charge < -0.3 is 11.1 Å². The van der Waals surface area contributed by atoms with Gasteiger partial charge in [0.2, 0.25) is 0 Å². The van der Waals surface area contributed by atoms with Crippen molar-refractivity contribution in [2.75, 3.05) is 11.9 Å². The molecule has 0 aromatic carbocycles. The standard InChI is InChI=1S/C12H19Br2N3/c1-12(2,3)5-9(15)7-17-11-10(14)4-8(13)6-16-11/h4,6,9H,5,7,15H2,1-3H3,(H,16,17). The van der Waals surface area contributed by atoms with Gasteiger partial charge in [-0.15, -0.1) is 0 Å². The molecule has 3 N–H and O–H groups in total. The smallest absolute Gasteiger partial charge is 0.140 e. The second-order valence-corrected chi connectivity index (χ2v) is 7.16. The van der Waals surface area contributed by atoms with Gasteiger partial charge in [0.15, 0.2) is 0 Å². The molecule has 0 aliphatic heterocycles. The molecule has 0 aliphatic carbocycles. The van der Waals surface area contributed by atoms with E-state index in [0.29, 0.717) is 0 Å². The van der Waals surface area contributed by atoms with Gasteiger partial charge in [-0.3, -0.25) is 0 Å². The van der Waals surface area contributed by atoms with E-state index in [0.717, 1.165) is 27.7 Å². The fraction of sp³-hybridized carbons (Fsp3) is 0.583. The molecule has 0 aliphatic rings. The van der Waals surface area contributed by atoms with E-state index in [1.165, 1.54) is 0 Å². The van der Waals surface area contributed by atoms with E-state index in [9.17, 15) is 0 Å². The molecule has 0 amide bonds. The molecule has 0 bridgehead atoms. The first-order chi connectivity index (χ1) is 7.78. The summed E-state index contributed by atoms with van der Waals surface area (Å²) in [4.78, 5) is 4.29. The third kappa shape index (κ3) is 5.84. The van der Waals surface area contributed by atoms with Gasteiger partial charge in [0.1, 0.15) is 5.82 Å². The molecule has 1 unspecified atom stereocenters. The first-order valence-corrected chi connectivity index (χ1v) is 7.17. The van der Waals surface area contributed by atoms with E-state index in [1.807, 2.05) is 6.07 Å². The van der Waals surface area contributed by atoms with Crippen molar-refractivity contribution in [3.63, 3.8) is 0 Å². The Bertz CT molecular complexity index is 375. The van der Waals surface area contributed by atoms with Gasteiger partial charge in [-0.25, -0.2) is 4.98 Å². The Kier molecular flexibility index (Phi) is 5.41. The van der Waals surface area contributed by atoms with Crippen LogP contribution in [0.25, 0.3) is 0 Å². The number of anilines is 1. The summed E-state index contributed by atoms with van der Waals surface area (Å²) in [5.74, 6) is 0.831. The van der Waals surface area contributed by atoms with E-state index >= 15 is 0 Å². The number of hydrogen-bond donors (Lipinski definition) is 2. The molecule has 0 saturated heterocycles. The highest BCUT2D eigenvalue weighted by Crippen LogP contribution is 2.24. The Balaban J connectivity index is 2.50. The quantitative estimate of drug-likeness (QED) is 0.854. The van der Waals surface area contributed by atoms with Crippen LogP contribution in [-0.4, -0.2) is 17.6 Å². The predicted molar refractivity (Wildman–Crippen MR) is 80.2 cm³/mol. The van der Waals surface area contributed by atoms with Crippen molar-refractivity contribution in [3.8, 4) is 0 Å². The second-order valence-electron chi connectivity index (χ2n) is 5.39. The largest absolute Gasteiger partial charge is 0.368 e. The number of rotatable bonds is 4. The summed E-state index contributed by atoms with van der Waals surface area (Å²) in [7, 11) is 0. The zero-order chi connectivity index (χ0) is 13.1. The normalized spacial score (nSPS) is 13.5. The van der Waals surface area contributed by atoms with E-state index in [1.54, 1.807) is 6.20 Å². The Morgan fingerprint density at radius 3 is 2.59 bits per heavy atom. The predicted octanol–water partition coefficient (Wildman–Crippen LogP) is 3.78. The lowest BCUT2D eigenvalue weighted by molar-refractivity contribution is 0.344. The maximum atomic E-state index is 6.07. The molecule has 0 saturated carbocycles. The molecular formula is C12H19Br2N3. The molecule has 1 aromatic heterocycles. The number of nitrogens with one attached hydrogen (secondary N) is 1. The van der Waals surface area contributed by atoms with Crippen LogP contribution in [0.15, 0.2) is 21.2 Å². The number of aromatic nitrogens is 1. The Morgan fingerprint density at radius 1 is 1.41 bits per heavy atom. The van der Waals surface area contributed by atoms with E-state index in [2.05, 4.69) is 62.9 Å². The van der Waals surface area contributed by atoms with Crippen molar-refractivity contribution in [1.82, 2.24) is 4.98 Å². The highest BCUT2D eigenvalue weighted by molar-refractivity contribution is 9.11. The molecule has 5 heteroatoms. The summed E-state index contributed by atoms with van der Waals surface area (Å²) in [6.07, 6.45) is 2.75. The molecule has 0 radical (unpaired) electrons. The highest BCUT2D eigenvalue weighted by Gasteiger charge is 2.15. The van der Waals surface area contributed by atoms with Crippen LogP contribution in [0.1, 0.15) is 27.2 Å². The lowest BCUT2D eigenvalue weighted by atomic mass is 9.88. The van der Waals surface area contributed by atoms with Gasteiger partial charge >= 0.3 is 0 Å². The zero-order valence-electron chi connectivity index (χ0n) is 10.4. The zero-order valence-corrected chi connectivity index (χ0v) is 13.6. The molecule has 0 fully saturated rings. The van der Waals surface area contributed by atoms with Crippen molar-refractivity contribution in [2.24, 2.45) is 11.1 Å². The first-order valence-electron chi connectivity index (χ1n) is 5.58. The number of nitrogens with two attached hydrogens (primary N) is 1. The lowest BCUT2D eigenvalue weighted by Crippen LogP contribution is -2.33. The lowest BCUT2D eigenvalue weighted by Gasteiger charge is -2.23. The third-order valence-electron chi connectivity index (χ3n) is 2.21. The molecule has 1 aromatic rings. The topological polar surface area (TPSA) is 50.9 Å². The van der Waals surface area contributed by atoms with Gasteiger partial charge in [-0.05, 0) is 49.8 Å². The minimum absolute atomic E-state index is 0.132. The maximum absolute atomic E-state index is 6.07. The fourth-order valence-corrected chi connectivity index (χ4v) is 2.76. The van der Waals surface area contributed by atoms with Crippen molar-refractivity contribution >= 4 is 37.7 Å². The van der Waals surface area contributed by atoms with Crippen LogP contribution >= 0.6 is 31.9 Å². The van der Waals surface area contributed by atoms with Crippen molar-refractivity contribution in [2.45, 2.75) is 33.2 Å². The Labute approximate surface area is 120 Å². The summed E-state index contributed by atoms with van der Waals surface area (Å²) in [5, 5.41) is 3.26. The number of pyridine rings is 1. The van der Waals surface area contributed by atoms with Crippen molar-refractivity contribution in [1.29, 1.82) is 0 Å². The van der Waals surface area contributed by atoms with Crippen molar-refractivity contribution < 1.29 is 0 Å². The second kappa shape index (κ2) is 6.16. The number of nitrogens with zero attached hydrogens (tertiary/aromatic N) is 1. The summed E-state index contributed by atoms with van der Waals surface area (Å²) in [6, 6.07) is 2.09. The van der Waals surface area contributed by atoms with Crippen LogP contribution in [0.5, 0.6) is 0 Å². The third-order valence-corrected chi connectivity index (χ3v) is 3.25. The number of halogens is 2. The number of hydrogen-bond acceptors (Lipinski definition) is 3. The maximum Gasteiger partial charge on any atom is 0.140 e. The molecular weight excluding hydrogens is 346 g/mol. The van der Waals surface area contributed by atoms with Crippen LogP contribution in [0.2, 0.25) is 0 Å². The van der Waals surface area contributed by atoms with Gasteiger partial charge in [0.25, 0.3) is 0 Å². The van der Waals surface area contributed by atoms with Crippen LogP contribution in [0, 0.1) is 5.41 Å². The molecule has 3 nitrogen and oxygen atoms in total. The van der Waals surface area contributed by atoms with E-state index < -0.39 is 0 Å². The fourth-order valence-electron chi connectivity index (χ4n) is 1.63. The molecule has 1 rings (SSSR count). The first kappa shape index (κ1) is 14.9. The SMILES string of the molecule is CC(C)(C)CC(N)CNc1ncc(Br)cc1Br. The summed E-state index contributed by atoms with van der Waals surface area (Å²) in [5.41, 5.74) is 6.33. The molecule has 1 heterocycles. The summed E-state index contributed by atoms with van der Waals surface area (Å²) in [6.45, 7) is 7.31. The van der Waals surface area contributed by atoms with E-state index in [4.69, 9.17) is 5.73 Å². The molecule has 0 spiro atoms. The highest BCUT2D eigenvalue weighted by atomic mass is 79.9. The average Bonchev–Trinajstić information content (AvgIpc) is 2.13. The van der Waals surface area contributed by atoms with Crippen molar-refractivity contribution in [3.05, 3.63) is 21.2 Å². The minimum atomic E-state index is 0.132. The Hall–Kier alpha value is -0.130.